The van der Waals surface area contributed by atoms with Crippen LogP contribution in [0.15, 0.2) is 0 Å². The molecule has 1 N–H and O–H groups in total. The lowest BCUT2D eigenvalue weighted by Crippen LogP contribution is -2.40. The van der Waals surface area contributed by atoms with E-state index in [1.54, 1.807) is 13.8 Å². The van der Waals surface area contributed by atoms with E-state index in [1.807, 2.05) is 0 Å². The third-order valence-corrected chi connectivity index (χ3v) is 4.02. The van der Waals surface area contributed by atoms with Crippen LogP contribution in [0.5, 0.6) is 0 Å². The fourth-order valence-corrected chi connectivity index (χ4v) is 3.06. The van der Waals surface area contributed by atoms with Gasteiger partial charge in [-0.15, -0.1) is 0 Å². The van der Waals surface area contributed by atoms with Gasteiger partial charge in [0.05, 0.1) is 12.6 Å². The van der Waals surface area contributed by atoms with Crippen molar-refractivity contribution in [3.8, 4) is 0 Å². The van der Waals surface area contributed by atoms with E-state index in [1.165, 1.54) is 16.7 Å². The summed E-state index contributed by atoms with van der Waals surface area (Å²) in [5.74, 6) is -1.30. The van der Waals surface area contributed by atoms with E-state index >= 15 is 0 Å². The van der Waals surface area contributed by atoms with Crippen molar-refractivity contribution in [1.29, 1.82) is 0 Å². The minimum atomic E-state index is -0.959. The monoisotopic (exact) mass is 263 g/mol. The summed E-state index contributed by atoms with van der Waals surface area (Å²) in [5, 5.41) is 8.29. The zero-order chi connectivity index (χ0) is 12.3. The third-order valence-electron chi connectivity index (χ3n) is 2.22. The Morgan fingerprint density at radius 1 is 1.62 bits per heavy atom. The van der Waals surface area contributed by atoms with Crippen LogP contribution >= 0.6 is 24.0 Å². The van der Waals surface area contributed by atoms with Gasteiger partial charge in [-0.2, -0.15) is 0 Å². The molecular formula is C9H13NO4S2. The normalized spacial score (nSPS) is 24.6. The molecule has 1 heterocycles. The molecule has 0 radical (unpaired) electrons. The van der Waals surface area contributed by atoms with Crippen molar-refractivity contribution in [3.05, 3.63) is 0 Å². The average molecular weight is 263 g/mol. The number of carboxylic acid groups (broad SMARTS) is 1. The van der Waals surface area contributed by atoms with Gasteiger partial charge in [-0.1, -0.05) is 24.0 Å². The molecule has 90 valence electrons. The van der Waals surface area contributed by atoms with Gasteiger partial charge in [0.2, 0.25) is 0 Å². The van der Waals surface area contributed by atoms with Crippen molar-refractivity contribution in [2.45, 2.75) is 25.1 Å². The number of hydrogen-bond acceptors (Lipinski definition) is 5. The molecule has 1 aliphatic rings. The van der Waals surface area contributed by atoms with E-state index in [9.17, 15) is 9.59 Å². The summed E-state index contributed by atoms with van der Waals surface area (Å²) < 4.78 is 5.34. The molecule has 7 heteroatoms. The van der Waals surface area contributed by atoms with Crippen molar-refractivity contribution in [1.82, 2.24) is 4.90 Å². The number of ether oxygens (including phenoxy) is 1. The van der Waals surface area contributed by atoms with E-state index in [0.29, 0.717) is 10.9 Å². The van der Waals surface area contributed by atoms with Crippen LogP contribution in [-0.2, 0) is 14.3 Å². The number of esters is 1. The molecule has 5 nitrogen and oxygen atoms in total. The second-order valence-electron chi connectivity index (χ2n) is 3.32. The minimum absolute atomic E-state index is 0.178. The molecular weight excluding hydrogens is 250 g/mol. The van der Waals surface area contributed by atoms with Crippen LogP contribution in [0.25, 0.3) is 0 Å². The van der Waals surface area contributed by atoms with Crippen LogP contribution in [0.2, 0.25) is 0 Å². The van der Waals surface area contributed by atoms with Crippen LogP contribution in [0, 0.1) is 0 Å². The molecule has 0 aliphatic carbocycles. The first-order valence-electron chi connectivity index (χ1n) is 4.83. The number of carbonyl (C=O) groups excluding carboxylic acids is 1. The lowest BCUT2D eigenvalue weighted by atomic mass is 10.2. The molecule has 0 amide bonds. The van der Waals surface area contributed by atoms with E-state index in [0.717, 1.165) is 0 Å². The number of aliphatic carboxylic acids is 1. The Morgan fingerprint density at radius 3 is 2.75 bits per heavy atom. The zero-order valence-electron chi connectivity index (χ0n) is 9.00. The molecule has 0 aromatic carbocycles. The highest BCUT2D eigenvalue weighted by atomic mass is 32.2. The maximum Gasteiger partial charge on any atom is 0.323 e. The van der Waals surface area contributed by atoms with Crippen LogP contribution in [0.1, 0.15) is 13.8 Å². The number of thiocarbonyl (C=S) groups is 1. The maximum atomic E-state index is 11.6. The molecule has 1 aliphatic heterocycles. The van der Waals surface area contributed by atoms with Gasteiger partial charge in [-0.3, -0.25) is 9.59 Å². The van der Waals surface area contributed by atoms with Gasteiger partial charge in [0.25, 0.3) is 0 Å². The summed E-state index contributed by atoms with van der Waals surface area (Å²) in [6, 6.07) is -0.243. The number of nitrogens with zero attached hydrogens (tertiary/aromatic N) is 1. The first kappa shape index (κ1) is 13.2. The number of thioether (sulfide) groups is 1. The van der Waals surface area contributed by atoms with E-state index < -0.39 is 11.2 Å². The topological polar surface area (TPSA) is 66.8 Å². The van der Waals surface area contributed by atoms with Gasteiger partial charge < -0.3 is 14.7 Å². The Labute approximate surface area is 103 Å². The summed E-state index contributed by atoms with van der Waals surface area (Å²) in [6.07, 6.45) is 0. The summed E-state index contributed by atoms with van der Waals surface area (Å²) >= 11 is 6.23. The van der Waals surface area contributed by atoms with E-state index in [2.05, 4.69) is 0 Å². The van der Waals surface area contributed by atoms with Gasteiger partial charge >= 0.3 is 11.9 Å². The predicted octanol–water partition coefficient (Wildman–Crippen LogP) is 0.725. The molecule has 1 rings (SSSR count). The van der Waals surface area contributed by atoms with Crippen molar-refractivity contribution in [2.75, 3.05) is 13.2 Å². The number of carboxylic acids is 1. The molecule has 2 atom stereocenters. The van der Waals surface area contributed by atoms with Gasteiger partial charge in [0, 0.05) is 0 Å². The average Bonchev–Trinajstić information content (AvgIpc) is 2.45. The molecule has 1 saturated heterocycles. The van der Waals surface area contributed by atoms with Crippen molar-refractivity contribution >= 4 is 40.2 Å². The second kappa shape index (κ2) is 5.49. The molecule has 0 aromatic rings. The Balaban J connectivity index is 2.69. The fraction of sp³-hybridized carbons (Fsp3) is 0.667. The summed E-state index contributed by atoms with van der Waals surface area (Å²) in [7, 11) is 0. The largest absolute Gasteiger partial charge is 0.480 e. The van der Waals surface area contributed by atoms with Gasteiger partial charge in [0.1, 0.15) is 16.1 Å². The van der Waals surface area contributed by atoms with E-state index in [4.69, 9.17) is 22.1 Å². The van der Waals surface area contributed by atoms with Gasteiger partial charge in [-0.05, 0) is 13.8 Å². The first-order chi connectivity index (χ1) is 7.47. The third kappa shape index (κ3) is 2.85. The SMILES string of the molecule is CCOC(=O)C1SC(=S)N(CC(=O)O)C1C. The van der Waals surface area contributed by atoms with Crippen LogP contribution in [-0.4, -0.2) is 50.7 Å². The minimum Gasteiger partial charge on any atom is -0.480 e. The van der Waals surface area contributed by atoms with E-state index in [-0.39, 0.29) is 18.6 Å². The lowest BCUT2D eigenvalue weighted by molar-refractivity contribution is -0.144. The maximum absolute atomic E-state index is 11.6. The first-order valence-corrected chi connectivity index (χ1v) is 6.11. The Hall–Kier alpha value is -0.820. The number of carbonyl (C=O) groups is 2. The smallest absolute Gasteiger partial charge is 0.323 e. The molecule has 1 fully saturated rings. The van der Waals surface area contributed by atoms with Gasteiger partial charge in [0.15, 0.2) is 0 Å². The van der Waals surface area contributed by atoms with Crippen LogP contribution in [0.4, 0.5) is 0 Å². The van der Waals surface area contributed by atoms with Crippen molar-refractivity contribution < 1.29 is 19.4 Å². The number of rotatable bonds is 4. The van der Waals surface area contributed by atoms with Crippen molar-refractivity contribution in [2.24, 2.45) is 0 Å². The Morgan fingerprint density at radius 2 is 2.25 bits per heavy atom. The van der Waals surface area contributed by atoms with Gasteiger partial charge in [-0.25, -0.2) is 0 Å². The highest BCUT2D eigenvalue weighted by Gasteiger charge is 2.41. The lowest BCUT2D eigenvalue weighted by Gasteiger charge is -2.22. The summed E-state index contributed by atoms with van der Waals surface area (Å²) in [5.41, 5.74) is 0. The Bertz CT molecular complexity index is 321. The molecule has 0 spiro atoms. The highest BCUT2D eigenvalue weighted by Crippen LogP contribution is 2.32. The van der Waals surface area contributed by atoms with Crippen LogP contribution < -0.4 is 0 Å². The summed E-state index contributed by atoms with van der Waals surface area (Å²) in [4.78, 5) is 23.7. The molecule has 0 aromatic heterocycles. The molecule has 2 unspecified atom stereocenters. The number of hydrogen-bond donors (Lipinski definition) is 1. The van der Waals surface area contributed by atoms with Crippen LogP contribution in [0.3, 0.4) is 0 Å². The standard InChI is InChI=1S/C9H13NO4S2/c1-3-14-8(13)7-5(2)10(4-6(11)12)9(15)16-7/h5,7H,3-4H2,1-2H3,(H,11,12). The predicted molar refractivity (Wildman–Crippen MR) is 64.4 cm³/mol. The fourth-order valence-electron chi connectivity index (χ4n) is 1.43. The second-order valence-corrected chi connectivity index (χ2v) is 5.09. The quantitative estimate of drug-likeness (QED) is 0.592. The summed E-state index contributed by atoms with van der Waals surface area (Å²) in [6.45, 7) is 3.64. The molecule has 0 bridgehead atoms. The Kier molecular flexibility index (Phi) is 4.55. The zero-order valence-corrected chi connectivity index (χ0v) is 10.6. The molecule has 16 heavy (non-hydrogen) atoms. The highest BCUT2D eigenvalue weighted by molar-refractivity contribution is 8.24. The van der Waals surface area contributed by atoms with Crippen molar-refractivity contribution in [3.63, 3.8) is 0 Å². The molecule has 0 saturated carbocycles.